The minimum absolute atomic E-state index is 0.0848. The lowest BCUT2D eigenvalue weighted by molar-refractivity contribution is -0.137. The van der Waals surface area contributed by atoms with Crippen molar-refractivity contribution >= 4 is 15.9 Å². The van der Waals surface area contributed by atoms with Gasteiger partial charge in [-0.2, -0.15) is 13.2 Å². The molecule has 1 aromatic heterocycles. The molecular weight excluding hydrogens is 562 g/mol. The number of alkyl halides is 3. The third-order valence-electron chi connectivity index (χ3n) is 5.28. The van der Waals surface area contributed by atoms with Crippen LogP contribution >= 0.6 is 0 Å². The highest BCUT2D eigenvalue weighted by molar-refractivity contribution is 7.89. The van der Waals surface area contributed by atoms with Crippen molar-refractivity contribution in [2.24, 2.45) is 0 Å². The van der Waals surface area contributed by atoms with Crippen LogP contribution in [-0.4, -0.2) is 37.3 Å². The molecule has 0 aliphatic rings. The summed E-state index contributed by atoms with van der Waals surface area (Å²) >= 11 is 0. The van der Waals surface area contributed by atoms with Gasteiger partial charge in [-0.25, -0.2) is 17.8 Å². The van der Waals surface area contributed by atoms with Gasteiger partial charge in [-0.05, 0) is 55.0 Å². The Morgan fingerprint density at radius 3 is 2.05 bits per heavy atom. The zero-order valence-corrected chi connectivity index (χ0v) is 24.7. The van der Waals surface area contributed by atoms with Crippen LogP contribution in [0.4, 0.5) is 17.6 Å². The summed E-state index contributed by atoms with van der Waals surface area (Å²) in [6, 6.07) is 11.6. The summed E-state index contributed by atoms with van der Waals surface area (Å²) in [6.07, 6.45) is -4.48. The van der Waals surface area contributed by atoms with Crippen LogP contribution in [0.2, 0.25) is 0 Å². The SMILES string of the molecule is C=C(C(=O)NCc1cc(OC)nc(-c2ccc(C(F)(F)F)cc2)c1)N(CC)S(=O)(=O)c1ccc(F)cc1.CC.CC. The molecule has 1 N–H and O–H groups in total. The van der Waals surface area contributed by atoms with Crippen LogP contribution in [0.3, 0.4) is 0 Å². The van der Waals surface area contributed by atoms with Crippen LogP contribution in [0, 0.1) is 5.82 Å². The average Bonchev–Trinajstić information content (AvgIpc) is 2.97. The van der Waals surface area contributed by atoms with E-state index in [1.807, 2.05) is 27.7 Å². The largest absolute Gasteiger partial charge is 0.481 e. The van der Waals surface area contributed by atoms with Gasteiger partial charge < -0.3 is 10.1 Å². The number of carbonyl (C=O) groups excluding carboxylic acids is 1. The number of hydrogen-bond acceptors (Lipinski definition) is 5. The van der Waals surface area contributed by atoms with E-state index in [9.17, 15) is 30.8 Å². The number of carbonyl (C=O) groups is 1. The summed E-state index contributed by atoms with van der Waals surface area (Å²) in [7, 11) is -2.80. The van der Waals surface area contributed by atoms with Gasteiger partial charge in [0, 0.05) is 24.7 Å². The van der Waals surface area contributed by atoms with Gasteiger partial charge in [-0.1, -0.05) is 46.4 Å². The number of methoxy groups -OCH3 is 1. The Morgan fingerprint density at radius 2 is 1.56 bits per heavy atom. The number of hydrogen-bond donors (Lipinski definition) is 1. The van der Waals surface area contributed by atoms with Crippen molar-refractivity contribution in [1.29, 1.82) is 0 Å². The Kier molecular flexibility index (Phi) is 13.5. The van der Waals surface area contributed by atoms with Crippen LogP contribution in [-0.2, 0) is 27.5 Å². The fourth-order valence-electron chi connectivity index (χ4n) is 3.38. The summed E-state index contributed by atoms with van der Waals surface area (Å²) in [6.45, 7) is 12.9. The lowest BCUT2D eigenvalue weighted by Crippen LogP contribution is -2.38. The molecule has 7 nitrogen and oxygen atoms in total. The molecule has 0 bridgehead atoms. The van der Waals surface area contributed by atoms with E-state index in [2.05, 4.69) is 16.9 Å². The van der Waals surface area contributed by atoms with Gasteiger partial charge in [0.2, 0.25) is 5.88 Å². The zero-order valence-electron chi connectivity index (χ0n) is 23.8. The molecule has 12 heteroatoms. The number of rotatable bonds is 9. The van der Waals surface area contributed by atoms with Gasteiger partial charge in [0.1, 0.15) is 11.5 Å². The smallest absolute Gasteiger partial charge is 0.416 e. The molecule has 224 valence electrons. The van der Waals surface area contributed by atoms with E-state index in [-0.39, 0.29) is 29.6 Å². The second-order valence-electron chi connectivity index (χ2n) is 7.73. The summed E-state index contributed by atoms with van der Waals surface area (Å²) in [4.78, 5) is 16.8. The van der Waals surface area contributed by atoms with E-state index >= 15 is 0 Å². The molecule has 0 radical (unpaired) electrons. The number of likely N-dealkylation sites (N-methyl/N-ethyl adjacent to an activating group) is 1. The molecule has 0 saturated carbocycles. The summed E-state index contributed by atoms with van der Waals surface area (Å²) in [5.74, 6) is -1.23. The minimum atomic E-state index is -4.48. The third kappa shape index (κ3) is 9.31. The summed E-state index contributed by atoms with van der Waals surface area (Å²) < 4.78 is 83.7. The molecule has 0 aliphatic carbocycles. The number of amides is 1. The number of pyridine rings is 1. The lowest BCUT2D eigenvalue weighted by Gasteiger charge is -2.24. The quantitative estimate of drug-likeness (QED) is 0.216. The number of nitrogens with one attached hydrogen (secondary N) is 1. The van der Waals surface area contributed by atoms with Gasteiger partial charge in [0.15, 0.2) is 0 Å². The predicted octanol–water partition coefficient (Wildman–Crippen LogP) is 6.81. The highest BCUT2D eigenvalue weighted by Crippen LogP contribution is 2.31. The van der Waals surface area contributed by atoms with E-state index in [0.717, 1.165) is 40.7 Å². The fourth-order valence-corrected chi connectivity index (χ4v) is 4.83. The maximum atomic E-state index is 13.2. The fraction of sp³-hybridized carbons (Fsp3) is 0.310. The summed E-state index contributed by atoms with van der Waals surface area (Å²) in [5.41, 5.74) is 0.0426. The van der Waals surface area contributed by atoms with Gasteiger partial charge in [-0.15, -0.1) is 0 Å². The molecule has 41 heavy (non-hydrogen) atoms. The first-order valence-corrected chi connectivity index (χ1v) is 14.3. The van der Waals surface area contributed by atoms with Crippen LogP contribution < -0.4 is 10.1 Å². The maximum Gasteiger partial charge on any atom is 0.416 e. The first kappa shape index (κ1) is 35.1. The first-order valence-electron chi connectivity index (χ1n) is 12.8. The molecule has 2 aromatic carbocycles. The molecule has 3 rings (SSSR count). The number of aromatic nitrogens is 1. The van der Waals surface area contributed by atoms with E-state index in [4.69, 9.17) is 4.74 Å². The number of benzene rings is 2. The van der Waals surface area contributed by atoms with Crippen LogP contribution in [0.1, 0.15) is 45.7 Å². The van der Waals surface area contributed by atoms with E-state index in [0.29, 0.717) is 16.8 Å². The van der Waals surface area contributed by atoms with Crippen molar-refractivity contribution in [3.63, 3.8) is 0 Å². The molecule has 0 unspecified atom stereocenters. The molecule has 0 fully saturated rings. The molecule has 3 aromatic rings. The second kappa shape index (κ2) is 15.8. The third-order valence-corrected chi connectivity index (χ3v) is 7.21. The van der Waals surface area contributed by atoms with Crippen molar-refractivity contribution in [3.8, 4) is 17.1 Å². The molecule has 1 amide bonds. The van der Waals surface area contributed by atoms with Crippen LogP contribution in [0.25, 0.3) is 11.3 Å². The molecule has 0 spiro atoms. The number of ether oxygens (including phenoxy) is 1. The molecule has 0 aliphatic heterocycles. The Hall–Kier alpha value is -3.93. The number of sulfonamides is 1. The van der Waals surface area contributed by atoms with E-state index < -0.39 is 33.5 Å². The Labute approximate surface area is 238 Å². The average molecular weight is 598 g/mol. The van der Waals surface area contributed by atoms with Gasteiger partial charge >= 0.3 is 6.18 Å². The van der Waals surface area contributed by atoms with Crippen molar-refractivity contribution < 1.29 is 35.5 Å². The van der Waals surface area contributed by atoms with Crippen molar-refractivity contribution in [2.75, 3.05) is 13.7 Å². The standard InChI is InChI=1S/C25H23F4N3O4S.2C2H6/c1-4-32(37(34,35)21-11-9-20(26)10-12-21)16(2)24(33)30-15-17-13-22(31-23(14-17)36-3)18-5-7-19(8-6-18)25(27,28)29;2*1-2/h5-14H,2,4,15H2,1,3H3,(H,30,33);2*1-2H3. The molecule has 0 atom stereocenters. The number of halogens is 4. The predicted molar refractivity (Wildman–Crippen MR) is 151 cm³/mol. The zero-order chi connectivity index (χ0) is 31.4. The monoisotopic (exact) mass is 597 g/mol. The minimum Gasteiger partial charge on any atom is -0.481 e. The lowest BCUT2D eigenvalue weighted by atomic mass is 10.1. The van der Waals surface area contributed by atoms with Gasteiger partial charge in [-0.3, -0.25) is 9.10 Å². The van der Waals surface area contributed by atoms with Crippen LogP contribution in [0.15, 0.2) is 77.8 Å². The Morgan fingerprint density at radius 1 is 1.00 bits per heavy atom. The number of nitrogens with zero attached hydrogens (tertiary/aromatic N) is 2. The molecule has 1 heterocycles. The van der Waals surface area contributed by atoms with E-state index in [1.165, 1.54) is 32.2 Å². The van der Waals surface area contributed by atoms with Gasteiger partial charge in [0.05, 0.1) is 23.3 Å². The topological polar surface area (TPSA) is 88.6 Å². The van der Waals surface area contributed by atoms with Crippen LogP contribution in [0.5, 0.6) is 5.88 Å². The second-order valence-corrected chi connectivity index (χ2v) is 9.59. The van der Waals surface area contributed by atoms with Gasteiger partial charge in [0.25, 0.3) is 15.9 Å². The normalized spacial score (nSPS) is 10.8. The maximum absolute atomic E-state index is 13.2. The molecular formula is C29H35F4N3O4S. The van der Waals surface area contributed by atoms with Crippen molar-refractivity contribution in [3.05, 3.63) is 89.9 Å². The Balaban J connectivity index is 0.00000201. The highest BCUT2D eigenvalue weighted by atomic mass is 32.2. The Bertz CT molecular complexity index is 1390. The first-order chi connectivity index (χ1) is 19.4. The van der Waals surface area contributed by atoms with E-state index in [1.54, 1.807) is 6.07 Å². The summed E-state index contributed by atoms with van der Waals surface area (Å²) in [5, 5.41) is 2.57. The highest BCUT2D eigenvalue weighted by Gasteiger charge is 2.30. The van der Waals surface area contributed by atoms with Crippen molar-refractivity contribution in [2.45, 2.75) is 52.2 Å². The van der Waals surface area contributed by atoms with Crippen molar-refractivity contribution in [1.82, 2.24) is 14.6 Å². The molecule has 0 saturated heterocycles.